The monoisotopic (exact) mass is 455 g/mol. The number of amides is 1. The molecule has 1 amide bonds. The fourth-order valence-corrected chi connectivity index (χ4v) is 6.96. The van der Waals surface area contributed by atoms with Crippen LogP contribution in [0.3, 0.4) is 0 Å². The predicted octanol–water partition coefficient (Wildman–Crippen LogP) is 3.67. The van der Waals surface area contributed by atoms with E-state index in [2.05, 4.69) is 46.7 Å². The Bertz CT molecular complexity index is 1250. The molecule has 1 saturated heterocycles. The number of piperidine rings is 1. The van der Waals surface area contributed by atoms with Crippen LogP contribution in [0.2, 0.25) is 0 Å². The molecule has 2 heterocycles. The van der Waals surface area contributed by atoms with E-state index in [1.165, 1.54) is 11.1 Å². The molecule has 0 radical (unpaired) electrons. The maximum atomic E-state index is 13.7. The van der Waals surface area contributed by atoms with E-state index in [4.69, 9.17) is 0 Å². The van der Waals surface area contributed by atoms with Crippen LogP contribution in [-0.2, 0) is 31.2 Å². The number of carbonyl (C=O) groups excluding carboxylic acids is 1. The molecule has 176 valence electrons. The van der Waals surface area contributed by atoms with Gasteiger partial charge >= 0.3 is 0 Å². The van der Waals surface area contributed by atoms with Crippen LogP contribution < -0.4 is 5.32 Å². The van der Waals surface area contributed by atoms with Crippen LogP contribution in [0.4, 0.5) is 0 Å². The largest absolute Gasteiger partial charge is 0.387 e. The molecule has 1 fully saturated rings. The highest BCUT2D eigenvalue weighted by Crippen LogP contribution is 2.55. The molecule has 2 aliphatic carbocycles. The van der Waals surface area contributed by atoms with Gasteiger partial charge in [0.05, 0.1) is 5.60 Å². The summed E-state index contributed by atoms with van der Waals surface area (Å²) in [5, 5.41) is 15.9. The Hall–Kier alpha value is -2.89. The third-order valence-corrected chi connectivity index (χ3v) is 8.80. The van der Waals surface area contributed by atoms with Crippen molar-refractivity contribution in [2.45, 2.75) is 63.1 Å². The van der Waals surface area contributed by atoms with Gasteiger partial charge in [0.1, 0.15) is 5.69 Å². The topological polar surface area (TPSA) is 68.4 Å². The van der Waals surface area contributed by atoms with Gasteiger partial charge in [-0.25, -0.2) is 0 Å². The van der Waals surface area contributed by atoms with Crippen molar-refractivity contribution >= 4 is 5.91 Å². The second-order valence-electron chi connectivity index (χ2n) is 10.4. The second-order valence-corrected chi connectivity index (χ2v) is 10.4. The summed E-state index contributed by atoms with van der Waals surface area (Å²) in [4.78, 5) is 19.1. The minimum atomic E-state index is -0.853. The number of aliphatic hydroxyl groups is 1. The van der Waals surface area contributed by atoms with Gasteiger partial charge in [-0.15, -0.1) is 0 Å². The van der Waals surface area contributed by atoms with Gasteiger partial charge in [0.2, 0.25) is 0 Å². The summed E-state index contributed by atoms with van der Waals surface area (Å²) in [6, 6.07) is 18.8. The van der Waals surface area contributed by atoms with Crippen molar-refractivity contribution in [3.05, 3.63) is 93.8 Å². The highest BCUT2D eigenvalue weighted by molar-refractivity contribution is 5.94. The zero-order valence-electron chi connectivity index (χ0n) is 20.0. The Morgan fingerprint density at radius 3 is 2.68 bits per heavy atom. The number of carbonyl (C=O) groups is 1. The van der Waals surface area contributed by atoms with Gasteiger partial charge in [-0.1, -0.05) is 54.6 Å². The molecule has 3 unspecified atom stereocenters. The highest BCUT2D eigenvalue weighted by Gasteiger charge is 2.63. The standard InChI is InChI=1S/C29H33N3O2/c1-3-32(18-20-9-5-4-6-10-20)27(33)26-19(2)22-16-29(34)25-15-21-11-7-8-12-23(21)28(29,13-14-30-25)17-24(22)31-26/h4-12,25,30-31,34H,3,13-18H2,1-2H3. The van der Waals surface area contributed by atoms with Crippen molar-refractivity contribution in [2.24, 2.45) is 0 Å². The molecule has 1 aliphatic heterocycles. The van der Waals surface area contributed by atoms with E-state index in [1.54, 1.807) is 0 Å². The molecule has 3 aromatic rings. The lowest BCUT2D eigenvalue weighted by molar-refractivity contribution is -0.106. The van der Waals surface area contributed by atoms with Crippen molar-refractivity contribution in [3.8, 4) is 0 Å². The van der Waals surface area contributed by atoms with Crippen LogP contribution in [0, 0.1) is 6.92 Å². The Labute approximate surface area is 201 Å². The van der Waals surface area contributed by atoms with Crippen LogP contribution in [0.15, 0.2) is 54.6 Å². The summed E-state index contributed by atoms with van der Waals surface area (Å²) in [7, 11) is 0. The van der Waals surface area contributed by atoms with Gasteiger partial charge in [0, 0.05) is 43.1 Å². The molecular formula is C29H33N3O2. The predicted molar refractivity (Wildman–Crippen MR) is 133 cm³/mol. The minimum Gasteiger partial charge on any atom is -0.387 e. The molecule has 0 spiro atoms. The number of aromatic nitrogens is 1. The van der Waals surface area contributed by atoms with Gasteiger partial charge in [0.15, 0.2) is 0 Å². The summed E-state index contributed by atoms with van der Waals surface area (Å²) in [6.07, 6.45) is 3.06. The highest BCUT2D eigenvalue weighted by atomic mass is 16.3. The fourth-order valence-electron chi connectivity index (χ4n) is 6.96. The first-order valence-electron chi connectivity index (χ1n) is 12.5. The lowest BCUT2D eigenvalue weighted by Crippen LogP contribution is -2.73. The SMILES string of the molecule is CCN(Cc1ccccc1)C(=O)c1[nH]c2c(c1C)CC1(O)C3Cc4ccccc4C1(CCN3)C2. The quantitative estimate of drug-likeness (QED) is 0.562. The number of hydrogen-bond acceptors (Lipinski definition) is 3. The van der Waals surface area contributed by atoms with Gasteiger partial charge < -0.3 is 20.3 Å². The van der Waals surface area contributed by atoms with E-state index >= 15 is 0 Å². The number of nitrogens with one attached hydrogen (secondary N) is 2. The number of fused-ring (bicyclic) bond motifs is 2. The van der Waals surface area contributed by atoms with Crippen molar-refractivity contribution in [1.82, 2.24) is 15.2 Å². The molecule has 6 rings (SSSR count). The molecule has 3 N–H and O–H groups in total. The van der Waals surface area contributed by atoms with Gasteiger partial charge in [-0.05, 0) is 61.1 Å². The number of rotatable bonds is 4. The van der Waals surface area contributed by atoms with Gasteiger partial charge in [-0.2, -0.15) is 0 Å². The maximum Gasteiger partial charge on any atom is 0.270 e. The third-order valence-electron chi connectivity index (χ3n) is 8.80. The molecule has 2 aromatic carbocycles. The summed E-state index contributed by atoms with van der Waals surface area (Å²) < 4.78 is 0. The van der Waals surface area contributed by atoms with E-state index in [0.29, 0.717) is 25.2 Å². The van der Waals surface area contributed by atoms with Crippen molar-refractivity contribution in [2.75, 3.05) is 13.1 Å². The number of hydrogen-bond donors (Lipinski definition) is 3. The zero-order chi connectivity index (χ0) is 23.5. The Kier molecular flexibility index (Phi) is 4.98. The third kappa shape index (κ3) is 2.96. The summed E-state index contributed by atoms with van der Waals surface area (Å²) in [6.45, 7) is 6.21. The normalized spacial score (nSPS) is 26.9. The zero-order valence-corrected chi connectivity index (χ0v) is 20.0. The lowest BCUT2D eigenvalue weighted by atomic mass is 9.50. The summed E-state index contributed by atoms with van der Waals surface area (Å²) in [5.74, 6) is 0.0345. The molecule has 5 nitrogen and oxygen atoms in total. The van der Waals surface area contributed by atoms with Crippen LogP contribution in [0.5, 0.6) is 0 Å². The van der Waals surface area contributed by atoms with E-state index in [-0.39, 0.29) is 17.4 Å². The number of benzene rings is 2. The van der Waals surface area contributed by atoms with E-state index in [0.717, 1.165) is 48.2 Å². The second kappa shape index (κ2) is 7.82. The maximum absolute atomic E-state index is 13.7. The van der Waals surface area contributed by atoms with Crippen molar-refractivity contribution < 1.29 is 9.90 Å². The fraction of sp³-hybridized carbons (Fsp3) is 0.414. The molecular weight excluding hydrogens is 422 g/mol. The summed E-state index contributed by atoms with van der Waals surface area (Å²) in [5.41, 5.74) is 6.51. The van der Waals surface area contributed by atoms with Crippen molar-refractivity contribution in [1.29, 1.82) is 0 Å². The van der Waals surface area contributed by atoms with Crippen LogP contribution in [0.1, 0.15) is 57.3 Å². The smallest absolute Gasteiger partial charge is 0.270 e. The van der Waals surface area contributed by atoms with Gasteiger partial charge in [0.25, 0.3) is 5.91 Å². The van der Waals surface area contributed by atoms with Gasteiger partial charge in [-0.3, -0.25) is 4.79 Å². The molecule has 34 heavy (non-hydrogen) atoms. The Morgan fingerprint density at radius 2 is 1.88 bits per heavy atom. The average molecular weight is 456 g/mol. The molecule has 3 atom stereocenters. The molecule has 3 aliphatic rings. The number of nitrogens with zero attached hydrogens (tertiary/aromatic N) is 1. The molecule has 2 bridgehead atoms. The first-order chi connectivity index (χ1) is 16.5. The first kappa shape index (κ1) is 21.6. The van der Waals surface area contributed by atoms with E-state index in [9.17, 15) is 9.90 Å². The van der Waals surface area contributed by atoms with Crippen molar-refractivity contribution in [3.63, 3.8) is 0 Å². The van der Waals surface area contributed by atoms with Crippen LogP contribution in [-0.4, -0.2) is 45.6 Å². The van der Waals surface area contributed by atoms with E-state index < -0.39 is 5.60 Å². The lowest BCUT2D eigenvalue weighted by Gasteiger charge is -2.60. The summed E-state index contributed by atoms with van der Waals surface area (Å²) >= 11 is 0. The number of H-pyrrole nitrogens is 1. The van der Waals surface area contributed by atoms with E-state index in [1.807, 2.05) is 36.9 Å². The Balaban J connectivity index is 1.40. The number of aromatic amines is 1. The minimum absolute atomic E-state index is 0.0305. The average Bonchev–Trinajstić information content (AvgIpc) is 3.15. The van der Waals surface area contributed by atoms with Crippen LogP contribution >= 0.6 is 0 Å². The molecule has 5 heteroatoms. The molecule has 1 aromatic heterocycles. The Morgan fingerprint density at radius 1 is 1.12 bits per heavy atom. The first-order valence-corrected chi connectivity index (χ1v) is 12.5. The van der Waals surface area contributed by atoms with Crippen LogP contribution in [0.25, 0.3) is 0 Å². The molecule has 0 saturated carbocycles.